The topological polar surface area (TPSA) is 76.6 Å². The number of sulfone groups is 1. The maximum absolute atomic E-state index is 12.7. The van der Waals surface area contributed by atoms with Crippen LogP contribution < -0.4 is 0 Å². The van der Waals surface area contributed by atoms with Crippen LogP contribution in [0.3, 0.4) is 0 Å². The van der Waals surface area contributed by atoms with Crippen molar-refractivity contribution in [1.82, 2.24) is 9.88 Å². The van der Waals surface area contributed by atoms with Crippen LogP contribution in [0.2, 0.25) is 0 Å². The predicted molar refractivity (Wildman–Crippen MR) is 103 cm³/mol. The molecule has 0 radical (unpaired) electrons. The molecule has 0 spiro atoms. The van der Waals surface area contributed by atoms with Gasteiger partial charge in [0.15, 0.2) is 9.84 Å². The van der Waals surface area contributed by atoms with Gasteiger partial charge >= 0.3 is 0 Å². The first-order valence-electron chi connectivity index (χ1n) is 8.82. The highest BCUT2D eigenvalue weighted by molar-refractivity contribution is 7.91. The minimum Gasteiger partial charge on any atom is -0.383 e. The molecule has 8 heteroatoms. The summed E-state index contributed by atoms with van der Waals surface area (Å²) in [6, 6.07) is 7.79. The van der Waals surface area contributed by atoms with Gasteiger partial charge in [0, 0.05) is 26.1 Å². The number of hydrogen-bond donors (Lipinski definition) is 0. The van der Waals surface area contributed by atoms with Crippen LogP contribution in [0.15, 0.2) is 24.3 Å². The molecule has 1 fully saturated rings. The van der Waals surface area contributed by atoms with Crippen LogP contribution in [-0.4, -0.2) is 62.0 Å². The summed E-state index contributed by atoms with van der Waals surface area (Å²) < 4.78 is 29.7. The fraction of sp³-hybridized carbons (Fsp3) is 0.556. The van der Waals surface area contributed by atoms with E-state index >= 15 is 0 Å². The van der Waals surface area contributed by atoms with Crippen LogP contribution in [0.25, 0.3) is 10.2 Å². The molecule has 1 amide bonds. The molecule has 1 atom stereocenters. The maximum Gasteiger partial charge on any atom is 0.222 e. The van der Waals surface area contributed by atoms with Gasteiger partial charge in [-0.3, -0.25) is 4.79 Å². The van der Waals surface area contributed by atoms with E-state index in [9.17, 15) is 13.2 Å². The highest BCUT2D eigenvalue weighted by atomic mass is 32.2. The molecule has 2 aromatic rings. The Morgan fingerprint density at radius 1 is 1.38 bits per heavy atom. The molecule has 1 aliphatic heterocycles. The van der Waals surface area contributed by atoms with E-state index in [-0.39, 0.29) is 23.5 Å². The van der Waals surface area contributed by atoms with Crippen molar-refractivity contribution in [3.8, 4) is 0 Å². The molecule has 26 heavy (non-hydrogen) atoms. The molecule has 1 aromatic heterocycles. The number of amides is 1. The molecule has 3 rings (SSSR count). The minimum atomic E-state index is -3.02. The van der Waals surface area contributed by atoms with E-state index in [1.54, 1.807) is 23.3 Å². The Morgan fingerprint density at radius 2 is 2.19 bits per heavy atom. The first-order valence-corrected chi connectivity index (χ1v) is 11.5. The van der Waals surface area contributed by atoms with E-state index in [2.05, 4.69) is 11.1 Å². The number of nitrogens with zero attached hydrogens (tertiary/aromatic N) is 2. The molecule has 2 heterocycles. The lowest BCUT2D eigenvalue weighted by atomic mass is 10.1. The number of rotatable bonds is 8. The predicted octanol–water partition coefficient (Wildman–Crippen LogP) is 2.28. The minimum absolute atomic E-state index is 0.00487. The number of fused-ring (bicyclic) bond motifs is 1. The molecular weight excluding hydrogens is 372 g/mol. The lowest BCUT2D eigenvalue weighted by Gasteiger charge is -2.28. The van der Waals surface area contributed by atoms with Gasteiger partial charge in [-0.05, 0) is 31.4 Å². The van der Waals surface area contributed by atoms with E-state index in [0.29, 0.717) is 32.4 Å². The van der Waals surface area contributed by atoms with Crippen molar-refractivity contribution in [2.45, 2.75) is 31.7 Å². The van der Waals surface area contributed by atoms with Gasteiger partial charge in [-0.1, -0.05) is 12.1 Å². The molecule has 1 saturated heterocycles. The molecule has 0 bridgehead atoms. The SMILES string of the molecule is COCCN(C(=O)CCCc1nc2ccccc2s1)C1CCS(=O)(=O)C1. The molecule has 6 nitrogen and oxygen atoms in total. The van der Waals surface area contributed by atoms with E-state index < -0.39 is 9.84 Å². The summed E-state index contributed by atoms with van der Waals surface area (Å²) in [5, 5.41) is 1.03. The number of thiazole rings is 1. The molecule has 0 N–H and O–H groups in total. The number of carbonyl (C=O) groups is 1. The summed E-state index contributed by atoms with van der Waals surface area (Å²) in [4.78, 5) is 19.0. The third-order valence-electron chi connectivity index (χ3n) is 4.63. The van der Waals surface area contributed by atoms with Gasteiger partial charge in [0.05, 0.1) is 33.3 Å². The van der Waals surface area contributed by atoms with E-state index in [4.69, 9.17) is 4.74 Å². The second kappa shape index (κ2) is 8.45. The van der Waals surface area contributed by atoms with Gasteiger partial charge in [0.2, 0.25) is 5.91 Å². The van der Waals surface area contributed by atoms with Crippen LogP contribution in [0.4, 0.5) is 0 Å². The Hall–Kier alpha value is -1.51. The summed E-state index contributed by atoms with van der Waals surface area (Å²) in [7, 11) is -1.44. The fourth-order valence-electron chi connectivity index (χ4n) is 3.28. The smallest absolute Gasteiger partial charge is 0.222 e. The third kappa shape index (κ3) is 4.81. The van der Waals surface area contributed by atoms with Crippen molar-refractivity contribution in [3.63, 3.8) is 0 Å². The van der Waals surface area contributed by atoms with Crippen molar-refractivity contribution < 1.29 is 17.9 Å². The monoisotopic (exact) mass is 396 g/mol. The number of benzene rings is 1. The second-order valence-corrected chi connectivity index (χ2v) is 9.91. The first kappa shape index (κ1) is 19.3. The molecule has 1 aromatic carbocycles. The Labute approximate surface area is 158 Å². The van der Waals surface area contributed by atoms with Gasteiger partial charge < -0.3 is 9.64 Å². The van der Waals surface area contributed by atoms with E-state index in [0.717, 1.165) is 21.6 Å². The fourth-order valence-corrected chi connectivity index (χ4v) is 6.02. The van der Waals surface area contributed by atoms with Crippen LogP contribution in [0.5, 0.6) is 0 Å². The quantitative estimate of drug-likeness (QED) is 0.684. The summed E-state index contributed by atoms with van der Waals surface area (Å²) >= 11 is 1.66. The standard InChI is InChI=1S/C18H24N2O4S2/c1-24-11-10-20(14-9-12-26(22,23)13-14)18(21)8-4-7-17-19-15-5-2-3-6-16(15)25-17/h2-3,5-6,14H,4,7-13H2,1H3. The van der Waals surface area contributed by atoms with Crippen LogP contribution in [-0.2, 0) is 25.8 Å². The van der Waals surface area contributed by atoms with Crippen molar-refractivity contribution in [3.05, 3.63) is 29.3 Å². The van der Waals surface area contributed by atoms with Gasteiger partial charge in [0.1, 0.15) is 0 Å². The van der Waals surface area contributed by atoms with Gasteiger partial charge in [-0.2, -0.15) is 0 Å². The molecule has 142 valence electrons. The van der Waals surface area contributed by atoms with E-state index in [1.807, 2.05) is 18.2 Å². The molecule has 1 aliphatic rings. The maximum atomic E-state index is 12.7. The van der Waals surface area contributed by atoms with Crippen LogP contribution >= 0.6 is 11.3 Å². The zero-order valence-electron chi connectivity index (χ0n) is 14.9. The van der Waals surface area contributed by atoms with Crippen molar-refractivity contribution in [1.29, 1.82) is 0 Å². The number of methoxy groups -OCH3 is 1. The van der Waals surface area contributed by atoms with Crippen molar-refractivity contribution in [2.24, 2.45) is 0 Å². The number of ether oxygens (including phenoxy) is 1. The van der Waals surface area contributed by atoms with Gasteiger partial charge in [0.25, 0.3) is 0 Å². The molecule has 0 saturated carbocycles. The average molecular weight is 397 g/mol. The highest BCUT2D eigenvalue weighted by Gasteiger charge is 2.34. The Bertz CT molecular complexity index is 830. The summed E-state index contributed by atoms with van der Waals surface area (Å²) in [5.74, 6) is 0.241. The van der Waals surface area contributed by atoms with Crippen molar-refractivity contribution >= 4 is 37.3 Å². The lowest BCUT2D eigenvalue weighted by molar-refractivity contribution is -0.133. The zero-order valence-corrected chi connectivity index (χ0v) is 16.5. The normalized spacial score (nSPS) is 19.0. The molecule has 1 unspecified atom stereocenters. The molecule has 0 aliphatic carbocycles. The van der Waals surface area contributed by atoms with Gasteiger partial charge in [-0.15, -0.1) is 11.3 Å². The molecular formula is C18H24N2O4S2. The van der Waals surface area contributed by atoms with Crippen molar-refractivity contribution in [2.75, 3.05) is 31.8 Å². The summed E-state index contributed by atoms with van der Waals surface area (Å²) in [6.07, 6.45) is 2.39. The number of para-hydroxylation sites is 1. The second-order valence-electron chi connectivity index (χ2n) is 6.57. The Kier molecular flexibility index (Phi) is 6.26. The zero-order chi connectivity index (χ0) is 18.6. The number of aryl methyl sites for hydroxylation is 1. The number of aromatic nitrogens is 1. The Balaban J connectivity index is 1.56. The van der Waals surface area contributed by atoms with E-state index in [1.165, 1.54) is 0 Å². The Morgan fingerprint density at radius 3 is 2.88 bits per heavy atom. The summed E-state index contributed by atoms with van der Waals surface area (Å²) in [5.41, 5.74) is 0.997. The third-order valence-corrected chi connectivity index (χ3v) is 7.47. The first-order chi connectivity index (χ1) is 12.5. The largest absolute Gasteiger partial charge is 0.383 e. The number of hydrogen-bond acceptors (Lipinski definition) is 6. The number of carbonyl (C=O) groups excluding carboxylic acids is 1. The van der Waals surface area contributed by atoms with Gasteiger partial charge in [-0.25, -0.2) is 13.4 Å². The highest BCUT2D eigenvalue weighted by Crippen LogP contribution is 2.23. The lowest BCUT2D eigenvalue weighted by Crippen LogP contribution is -2.43. The van der Waals surface area contributed by atoms with Crippen LogP contribution in [0, 0.1) is 0 Å². The average Bonchev–Trinajstić information content (AvgIpc) is 3.17. The summed E-state index contributed by atoms with van der Waals surface area (Å²) in [6.45, 7) is 0.858. The van der Waals surface area contributed by atoms with Crippen LogP contribution in [0.1, 0.15) is 24.3 Å².